The van der Waals surface area contributed by atoms with E-state index in [9.17, 15) is 9.59 Å². The number of ether oxygens (including phenoxy) is 12. The molecule has 0 saturated carbocycles. The van der Waals surface area contributed by atoms with Crippen LogP contribution in [0, 0.1) is 66.2 Å². The van der Waals surface area contributed by atoms with Crippen molar-refractivity contribution in [2.24, 2.45) is 10.8 Å². The summed E-state index contributed by atoms with van der Waals surface area (Å²) in [5, 5.41) is 0. The van der Waals surface area contributed by atoms with Crippen molar-refractivity contribution in [1.29, 1.82) is 0 Å². The van der Waals surface area contributed by atoms with Gasteiger partial charge in [-0.05, 0) is 284 Å². The molecule has 4 saturated heterocycles. The Morgan fingerprint density at radius 1 is 0.306 bits per heavy atom. The molecule has 0 aliphatic carbocycles. The first-order valence-corrected chi connectivity index (χ1v) is 47.2. The Hall–Kier alpha value is -7.50. The number of benzene rings is 6. The van der Waals surface area contributed by atoms with Crippen LogP contribution in [0.3, 0.4) is 0 Å². The molecule has 0 unspecified atom stereocenters. The van der Waals surface area contributed by atoms with Crippen LogP contribution in [-0.4, -0.2) is 142 Å². The molecule has 4 fully saturated rings. The quantitative estimate of drug-likeness (QED) is 0.0203. The van der Waals surface area contributed by atoms with Gasteiger partial charge >= 0.3 is 11.9 Å². The van der Waals surface area contributed by atoms with Gasteiger partial charge in [-0.2, -0.15) is 0 Å². The van der Waals surface area contributed by atoms with Gasteiger partial charge in [0, 0.05) is 36.2 Å². The van der Waals surface area contributed by atoms with Crippen molar-refractivity contribution in [3.63, 3.8) is 0 Å². The molecule has 0 amide bonds. The molecule has 124 heavy (non-hydrogen) atoms. The van der Waals surface area contributed by atoms with Gasteiger partial charge in [-0.3, -0.25) is 0 Å². The highest BCUT2D eigenvalue weighted by Gasteiger charge is 2.36. The molecular weight excluding hydrogens is 1550 g/mol. The van der Waals surface area contributed by atoms with Gasteiger partial charge in [0.2, 0.25) is 0 Å². The highest BCUT2D eigenvalue weighted by atomic mass is 16.6. The predicted octanol–water partition coefficient (Wildman–Crippen LogP) is 24.8. The minimum atomic E-state index is -0.331. The van der Waals surface area contributed by atoms with Crippen LogP contribution in [0.25, 0.3) is 12.2 Å². The summed E-state index contributed by atoms with van der Waals surface area (Å²) in [5.74, 6) is 1.32. The lowest BCUT2D eigenvalue weighted by atomic mass is 9.90. The van der Waals surface area contributed by atoms with Crippen molar-refractivity contribution >= 4 is 24.1 Å². The van der Waals surface area contributed by atoms with E-state index < -0.39 is 0 Å². The fraction of sp³-hybridized carbons (Fsp3) is 0.582. The van der Waals surface area contributed by atoms with Crippen LogP contribution in [0.2, 0.25) is 0 Å². The van der Waals surface area contributed by atoms with E-state index in [0.717, 1.165) is 231 Å². The van der Waals surface area contributed by atoms with Crippen LogP contribution in [0.4, 0.5) is 0 Å². The third kappa shape index (κ3) is 39.8. The van der Waals surface area contributed by atoms with E-state index in [2.05, 4.69) is 206 Å². The summed E-state index contributed by atoms with van der Waals surface area (Å²) in [7, 11) is 0. The molecule has 4 aliphatic heterocycles. The monoisotopic (exact) mass is 1710 g/mol. The van der Waals surface area contributed by atoms with Crippen molar-refractivity contribution < 1.29 is 66.4 Å². The van der Waals surface area contributed by atoms with E-state index in [-0.39, 0.29) is 34.0 Å². The summed E-state index contributed by atoms with van der Waals surface area (Å²) >= 11 is 0. The lowest BCUT2D eigenvalue weighted by molar-refractivity contribution is -0.199. The summed E-state index contributed by atoms with van der Waals surface area (Å²) in [6.45, 7) is 54.4. The fourth-order valence-corrected chi connectivity index (χ4v) is 15.9. The maximum atomic E-state index is 11.0. The molecule has 0 bridgehead atoms. The van der Waals surface area contributed by atoms with Crippen LogP contribution in [0.15, 0.2) is 136 Å². The Morgan fingerprint density at radius 2 is 0.581 bits per heavy atom. The van der Waals surface area contributed by atoms with Crippen LogP contribution in [-0.2, 0) is 108 Å². The zero-order valence-electron chi connectivity index (χ0n) is 79.0. The van der Waals surface area contributed by atoms with E-state index >= 15 is 0 Å². The summed E-state index contributed by atoms with van der Waals surface area (Å²) in [6.07, 6.45) is 40.4. The second kappa shape index (κ2) is 57.3. The molecular formula is C110H160O14. The Morgan fingerprint density at radius 3 is 0.863 bits per heavy atom. The van der Waals surface area contributed by atoms with Crippen molar-refractivity contribution in [2.75, 3.05) is 119 Å². The number of hydrogen-bond donors (Lipinski definition) is 0. The highest BCUT2D eigenvalue weighted by molar-refractivity contribution is 5.81. The normalized spacial score (nSPS) is 14.8. The topological polar surface area (TPSA) is 145 Å². The van der Waals surface area contributed by atoms with Crippen LogP contribution in [0.5, 0.6) is 11.5 Å². The van der Waals surface area contributed by atoms with Crippen LogP contribution >= 0.6 is 0 Å². The minimum Gasteiger partial charge on any atom is -0.493 e. The average Bonchev–Trinajstić information content (AvgIpc) is 0.842. The third-order valence-electron chi connectivity index (χ3n) is 24.5. The molecule has 6 aromatic carbocycles. The number of unbranched alkanes of at least 4 members (excludes halogenated alkanes) is 18. The molecule has 14 nitrogen and oxygen atoms in total. The summed E-state index contributed by atoms with van der Waals surface area (Å²) in [5.41, 5.74) is 24.9. The predicted molar refractivity (Wildman–Crippen MR) is 511 cm³/mol. The molecule has 10 rings (SSSR count). The Labute approximate surface area is 750 Å². The highest BCUT2D eigenvalue weighted by Crippen LogP contribution is 2.32. The van der Waals surface area contributed by atoms with Crippen molar-refractivity contribution in [1.82, 2.24) is 0 Å². The molecule has 6 aromatic rings. The third-order valence-corrected chi connectivity index (χ3v) is 24.5. The van der Waals surface area contributed by atoms with E-state index in [1.807, 2.05) is 12.2 Å². The van der Waals surface area contributed by atoms with Gasteiger partial charge in [0.05, 0.1) is 106 Å². The SMILES string of the molecule is C=CC(=O)OCCCCCCCc1cc(C)c(CCCCCCCOC(=O)C=C)cc1C.C=Cc1ccc(CCc2cc(C)c(CCc3ccc(C=C)cc3)cc2C)cc1.Cc1cc(CCOCC2(C)COC2)c(C)cc1CCOCC1(C)COC1.Cc1cc(OCCCCCCCCOC2(C)COC2)c(C)cc1OCCCCCCCCOC1(C)COC1. The molecule has 0 spiro atoms. The number of rotatable bonds is 58. The maximum absolute atomic E-state index is 11.0. The number of hydrogen-bond acceptors (Lipinski definition) is 14. The van der Waals surface area contributed by atoms with Crippen molar-refractivity contribution in [3.05, 3.63) is 236 Å². The number of carbonyl (C=O) groups is 2. The zero-order chi connectivity index (χ0) is 89.3. The molecule has 0 aromatic heterocycles. The Bertz CT molecular complexity index is 3830. The zero-order valence-corrected chi connectivity index (χ0v) is 79.0. The molecule has 0 atom stereocenters. The van der Waals surface area contributed by atoms with Gasteiger partial charge in [-0.1, -0.05) is 227 Å². The standard InChI is InChI=1S/C32H54O6.C28H42O4.C28H30.C22H34O4/c1-27-21-30(36-18-14-10-6-8-12-16-20-38-32(4)25-34-26-32)28(2)22-29(27)35-17-13-9-5-7-11-15-19-37-31(3)23-33-24-31;1-5-27(29)31-19-15-11-7-9-13-17-25-21-24(4)26(22-23(25)3)18-14-10-8-12-16-20-32-28(30)6-2;1-5-23-7-11-25(12-8-23)15-17-27-19-22(4)28(20-21(27)3)18-16-26-13-9-24(6-2)10-14-26;1-17-9-20(6-8-24-12-22(4)15-26-16-22)18(2)10-19(17)5-7-23-11-21(3)13-25-14-21/h21-22H,5-20,23-26H2,1-4H3;5-6,21-22H,1-2,7-20H2,3-4H3;5-14,19-20H,1-2,15-18H2,3-4H3;9-10H,5-8,11-16H2,1-4H3. The van der Waals surface area contributed by atoms with E-state index in [1.54, 1.807) is 0 Å². The molecule has 14 heteroatoms. The van der Waals surface area contributed by atoms with E-state index in [0.29, 0.717) is 13.2 Å². The lowest BCUT2D eigenvalue weighted by Crippen LogP contribution is -2.49. The molecule has 4 aliphatic rings. The molecule has 0 radical (unpaired) electrons. The Balaban J connectivity index is 0.000000229. The number of esters is 2. The summed E-state index contributed by atoms with van der Waals surface area (Å²) in [4.78, 5) is 22.0. The first-order valence-electron chi connectivity index (χ1n) is 47.2. The second-order valence-electron chi connectivity index (χ2n) is 36.9. The van der Waals surface area contributed by atoms with Crippen molar-refractivity contribution in [2.45, 2.75) is 287 Å². The van der Waals surface area contributed by atoms with Gasteiger partial charge in [0.25, 0.3) is 0 Å². The van der Waals surface area contributed by atoms with E-state index in [1.165, 1.54) is 191 Å². The van der Waals surface area contributed by atoms with E-state index in [4.69, 9.17) is 56.8 Å². The van der Waals surface area contributed by atoms with Gasteiger partial charge in [0.15, 0.2) is 0 Å². The number of carbonyl (C=O) groups excluding carboxylic acids is 2. The van der Waals surface area contributed by atoms with Crippen molar-refractivity contribution in [3.8, 4) is 11.5 Å². The number of aryl methyl sites for hydroxylation is 14. The fourth-order valence-electron chi connectivity index (χ4n) is 15.9. The van der Waals surface area contributed by atoms with Gasteiger partial charge in [-0.25, -0.2) is 9.59 Å². The molecule has 684 valence electrons. The molecule has 4 heterocycles. The smallest absolute Gasteiger partial charge is 0.330 e. The van der Waals surface area contributed by atoms with Crippen LogP contribution in [0.1, 0.15) is 269 Å². The lowest BCUT2D eigenvalue weighted by Gasteiger charge is -2.37. The first-order chi connectivity index (χ1) is 59.8. The second-order valence-corrected chi connectivity index (χ2v) is 36.9. The summed E-state index contributed by atoms with van der Waals surface area (Å²) < 4.78 is 66.7. The van der Waals surface area contributed by atoms with Gasteiger partial charge in [0.1, 0.15) is 22.7 Å². The Kier molecular flexibility index (Phi) is 47.9. The van der Waals surface area contributed by atoms with Gasteiger partial charge in [-0.15, -0.1) is 0 Å². The largest absolute Gasteiger partial charge is 0.493 e. The maximum Gasteiger partial charge on any atom is 0.330 e. The van der Waals surface area contributed by atoms with Crippen LogP contribution < -0.4 is 9.47 Å². The summed E-state index contributed by atoms with van der Waals surface area (Å²) in [6, 6.07) is 35.9. The molecule has 0 N–H and O–H groups in total. The van der Waals surface area contributed by atoms with Gasteiger partial charge < -0.3 is 56.8 Å². The first kappa shape index (κ1) is 104. The average molecular weight is 1710 g/mol. The minimum absolute atomic E-state index is 0.0152.